The van der Waals surface area contributed by atoms with Crippen LogP contribution in [-0.2, 0) is 9.53 Å². The molecule has 0 aliphatic carbocycles. The van der Waals surface area contributed by atoms with Crippen LogP contribution in [0.3, 0.4) is 0 Å². The van der Waals surface area contributed by atoms with Gasteiger partial charge in [0.05, 0.1) is 13.2 Å². The number of carbonyl (C=O) groups is 1. The van der Waals surface area contributed by atoms with Crippen LogP contribution in [0.25, 0.3) is 0 Å². The van der Waals surface area contributed by atoms with Crippen LogP contribution in [-0.4, -0.2) is 31.0 Å². The number of thiophene rings is 1. The predicted molar refractivity (Wildman–Crippen MR) is 50.6 cm³/mol. The van der Waals surface area contributed by atoms with Gasteiger partial charge in [-0.3, -0.25) is 4.79 Å². The number of hydrogen-bond donors (Lipinski definition) is 0. The zero-order valence-corrected chi connectivity index (χ0v) is 8.00. The van der Waals surface area contributed by atoms with E-state index < -0.39 is 0 Å². The molecular formula is C9H11NO2S. The third-order valence-electron chi connectivity index (χ3n) is 2.11. The number of morpholine rings is 1. The van der Waals surface area contributed by atoms with Gasteiger partial charge in [0.25, 0.3) is 0 Å². The molecule has 1 aromatic rings. The van der Waals surface area contributed by atoms with Crippen molar-refractivity contribution in [2.45, 2.75) is 6.10 Å². The molecule has 1 unspecified atom stereocenters. The van der Waals surface area contributed by atoms with Gasteiger partial charge in [-0.05, 0) is 11.4 Å². The minimum absolute atomic E-state index is 0.0824. The first-order chi connectivity index (χ1) is 6.40. The lowest BCUT2D eigenvalue weighted by atomic mass is 10.2. The first-order valence-electron chi connectivity index (χ1n) is 4.24. The molecule has 2 rings (SSSR count). The maximum atomic E-state index is 10.5. The van der Waals surface area contributed by atoms with E-state index >= 15 is 0 Å². The normalized spacial score (nSPS) is 23.1. The molecule has 70 valence electrons. The average Bonchev–Trinajstić information content (AvgIpc) is 2.71. The molecule has 0 radical (unpaired) electrons. The van der Waals surface area contributed by atoms with Crippen molar-refractivity contribution in [3.8, 4) is 0 Å². The highest BCUT2D eigenvalue weighted by atomic mass is 32.1. The molecule has 0 spiro atoms. The fourth-order valence-electron chi connectivity index (χ4n) is 1.41. The largest absolute Gasteiger partial charge is 0.369 e. The molecule has 3 nitrogen and oxygen atoms in total. The van der Waals surface area contributed by atoms with Crippen LogP contribution < -0.4 is 0 Å². The van der Waals surface area contributed by atoms with Gasteiger partial charge in [-0.2, -0.15) is 0 Å². The molecule has 1 saturated heterocycles. The Bertz CT molecular complexity index is 273. The fourth-order valence-corrected chi connectivity index (χ4v) is 2.18. The Morgan fingerprint density at radius 1 is 1.69 bits per heavy atom. The maximum absolute atomic E-state index is 10.5. The molecule has 1 amide bonds. The average molecular weight is 197 g/mol. The minimum Gasteiger partial charge on any atom is -0.369 e. The summed E-state index contributed by atoms with van der Waals surface area (Å²) in [4.78, 5) is 13.5. The van der Waals surface area contributed by atoms with Crippen LogP contribution in [0.2, 0.25) is 0 Å². The summed E-state index contributed by atoms with van der Waals surface area (Å²) in [5.74, 6) is 0. The molecule has 0 bridgehead atoms. The molecule has 0 saturated carbocycles. The van der Waals surface area contributed by atoms with Gasteiger partial charge in [0.15, 0.2) is 0 Å². The van der Waals surface area contributed by atoms with Crippen molar-refractivity contribution < 1.29 is 9.53 Å². The van der Waals surface area contributed by atoms with Gasteiger partial charge in [-0.25, -0.2) is 0 Å². The van der Waals surface area contributed by atoms with E-state index in [2.05, 4.69) is 0 Å². The van der Waals surface area contributed by atoms with Gasteiger partial charge in [0.2, 0.25) is 6.41 Å². The van der Waals surface area contributed by atoms with E-state index in [-0.39, 0.29) is 6.10 Å². The molecular weight excluding hydrogens is 186 g/mol. The summed E-state index contributed by atoms with van der Waals surface area (Å²) in [7, 11) is 0. The number of hydrogen-bond acceptors (Lipinski definition) is 3. The molecule has 0 N–H and O–H groups in total. The van der Waals surface area contributed by atoms with Crippen molar-refractivity contribution >= 4 is 17.7 Å². The van der Waals surface area contributed by atoms with E-state index in [4.69, 9.17) is 4.74 Å². The SMILES string of the molecule is O=CN1CCOC(c2cccs2)C1. The van der Waals surface area contributed by atoms with Crippen LogP contribution >= 0.6 is 11.3 Å². The summed E-state index contributed by atoms with van der Waals surface area (Å²) in [5, 5.41) is 2.03. The van der Waals surface area contributed by atoms with Crippen molar-refractivity contribution in [2.75, 3.05) is 19.7 Å². The predicted octanol–water partition coefficient (Wildman–Crippen LogP) is 1.28. The quantitative estimate of drug-likeness (QED) is 0.668. The summed E-state index contributed by atoms with van der Waals surface area (Å²) < 4.78 is 5.56. The maximum Gasteiger partial charge on any atom is 0.209 e. The van der Waals surface area contributed by atoms with E-state index in [1.807, 2.05) is 17.5 Å². The van der Waals surface area contributed by atoms with Crippen molar-refractivity contribution in [3.63, 3.8) is 0 Å². The number of amides is 1. The number of rotatable bonds is 2. The van der Waals surface area contributed by atoms with E-state index in [1.165, 1.54) is 4.88 Å². The van der Waals surface area contributed by atoms with E-state index in [9.17, 15) is 4.79 Å². The van der Waals surface area contributed by atoms with Gasteiger partial charge in [-0.15, -0.1) is 11.3 Å². The Morgan fingerprint density at radius 2 is 2.62 bits per heavy atom. The Hall–Kier alpha value is -0.870. The van der Waals surface area contributed by atoms with Crippen LogP contribution in [0.5, 0.6) is 0 Å². The Labute approximate surface area is 80.9 Å². The smallest absolute Gasteiger partial charge is 0.209 e. The molecule has 1 fully saturated rings. The van der Waals surface area contributed by atoms with Crippen molar-refractivity contribution in [1.29, 1.82) is 0 Å². The van der Waals surface area contributed by atoms with Crippen LogP contribution in [0.15, 0.2) is 17.5 Å². The van der Waals surface area contributed by atoms with Crippen molar-refractivity contribution in [3.05, 3.63) is 22.4 Å². The van der Waals surface area contributed by atoms with E-state index in [1.54, 1.807) is 16.2 Å². The lowest BCUT2D eigenvalue weighted by Crippen LogP contribution is -2.36. The van der Waals surface area contributed by atoms with Gasteiger partial charge in [0, 0.05) is 11.4 Å². The fraction of sp³-hybridized carbons (Fsp3) is 0.444. The van der Waals surface area contributed by atoms with Gasteiger partial charge < -0.3 is 9.64 Å². The second-order valence-electron chi connectivity index (χ2n) is 2.98. The molecule has 1 aromatic heterocycles. The standard InChI is InChI=1S/C9H11NO2S/c11-7-10-3-4-12-8(6-10)9-2-1-5-13-9/h1-2,5,7-8H,3-4,6H2. The van der Waals surface area contributed by atoms with Crippen molar-refractivity contribution in [1.82, 2.24) is 4.90 Å². The summed E-state index contributed by atoms with van der Waals surface area (Å²) in [6, 6.07) is 4.05. The van der Waals surface area contributed by atoms with Gasteiger partial charge >= 0.3 is 0 Å². The third-order valence-corrected chi connectivity index (χ3v) is 3.07. The lowest BCUT2D eigenvalue weighted by Gasteiger charge is -2.29. The molecule has 1 aliphatic rings. The monoisotopic (exact) mass is 197 g/mol. The zero-order valence-electron chi connectivity index (χ0n) is 7.18. The summed E-state index contributed by atoms with van der Waals surface area (Å²) in [6.07, 6.45) is 0.974. The number of nitrogens with zero attached hydrogens (tertiary/aromatic N) is 1. The molecule has 1 atom stereocenters. The highest BCUT2D eigenvalue weighted by molar-refractivity contribution is 7.10. The molecule has 13 heavy (non-hydrogen) atoms. The van der Waals surface area contributed by atoms with Gasteiger partial charge in [0.1, 0.15) is 6.10 Å². The second kappa shape index (κ2) is 3.89. The van der Waals surface area contributed by atoms with Crippen LogP contribution in [0.1, 0.15) is 11.0 Å². The second-order valence-corrected chi connectivity index (χ2v) is 3.95. The highest BCUT2D eigenvalue weighted by Crippen LogP contribution is 2.25. The van der Waals surface area contributed by atoms with Gasteiger partial charge in [-0.1, -0.05) is 6.07 Å². The lowest BCUT2D eigenvalue weighted by molar-refractivity contribution is -0.125. The van der Waals surface area contributed by atoms with Crippen LogP contribution in [0, 0.1) is 0 Å². The first kappa shape index (κ1) is 8.72. The van der Waals surface area contributed by atoms with Crippen LogP contribution in [0.4, 0.5) is 0 Å². The Morgan fingerprint density at radius 3 is 3.31 bits per heavy atom. The molecule has 4 heteroatoms. The molecule has 2 heterocycles. The topological polar surface area (TPSA) is 29.5 Å². The Kier molecular flexibility index (Phi) is 2.61. The minimum atomic E-state index is 0.0824. The van der Waals surface area contributed by atoms with Crippen molar-refractivity contribution in [2.24, 2.45) is 0 Å². The summed E-state index contributed by atoms with van der Waals surface area (Å²) in [5.41, 5.74) is 0. The highest BCUT2D eigenvalue weighted by Gasteiger charge is 2.21. The number of ether oxygens (including phenoxy) is 1. The van der Waals surface area contributed by atoms with E-state index in [0.717, 1.165) is 6.41 Å². The molecule has 1 aliphatic heterocycles. The number of carbonyl (C=O) groups excluding carboxylic acids is 1. The Balaban J connectivity index is 2.04. The molecule has 0 aromatic carbocycles. The van der Waals surface area contributed by atoms with E-state index in [0.29, 0.717) is 19.7 Å². The summed E-state index contributed by atoms with van der Waals surface area (Å²) >= 11 is 1.67. The first-order valence-corrected chi connectivity index (χ1v) is 5.12. The third kappa shape index (κ3) is 1.89. The summed E-state index contributed by atoms with van der Waals surface area (Å²) in [6.45, 7) is 2.04. The zero-order chi connectivity index (χ0) is 9.10.